The van der Waals surface area contributed by atoms with Crippen molar-refractivity contribution in [1.82, 2.24) is 4.98 Å². The summed E-state index contributed by atoms with van der Waals surface area (Å²) in [5, 5.41) is 0. The number of aromatic nitrogens is 1. The summed E-state index contributed by atoms with van der Waals surface area (Å²) in [6.45, 7) is 2.16. The van der Waals surface area contributed by atoms with E-state index in [4.69, 9.17) is 4.74 Å². The molecule has 2 rings (SSSR count). The minimum atomic E-state index is -0.315. The lowest BCUT2D eigenvalue weighted by atomic mass is 10.2. The maximum absolute atomic E-state index is 11.5. The first-order valence-corrected chi connectivity index (χ1v) is 6.01. The molecule has 0 atom stereocenters. The predicted molar refractivity (Wildman–Crippen MR) is 73.9 cm³/mol. The average Bonchev–Trinajstić information content (AvgIpc) is 2.47. The first-order chi connectivity index (χ1) is 9.29. The van der Waals surface area contributed by atoms with Crippen molar-refractivity contribution in [3.63, 3.8) is 0 Å². The van der Waals surface area contributed by atoms with E-state index in [1.165, 1.54) is 0 Å². The molecule has 0 radical (unpaired) electrons. The summed E-state index contributed by atoms with van der Waals surface area (Å²) in [7, 11) is 0. The molecular weight excluding hydrogens is 240 g/mol. The highest BCUT2D eigenvalue weighted by Gasteiger charge is 2.04. The fraction of sp³-hybridized carbons (Fsp3) is 0.133. The zero-order valence-electron chi connectivity index (χ0n) is 10.6. The van der Waals surface area contributed by atoms with E-state index in [-0.39, 0.29) is 5.97 Å². The van der Waals surface area contributed by atoms with Gasteiger partial charge in [-0.25, -0.2) is 4.79 Å². The van der Waals surface area contributed by atoms with Gasteiger partial charge in [-0.3, -0.25) is 9.98 Å². The van der Waals surface area contributed by atoms with Crippen LogP contribution in [-0.2, 0) is 4.74 Å². The van der Waals surface area contributed by atoms with Crippen LogP contribution in [-0.4, -0.2) is 23.8 Å². The molecule has 0 amide bonds. The Labute approximate surface area is 111 Å². The molecule has 0 saturated heterocycles. The maximum atomic E-state index is 11.5. The van der Waals surface area contributed by atoms with Gasteiger partial charge < -0.3 is 4.74 Å². The van der Waals surface area contributed by atoms with E-state index >= 15 is 0 Å². The van der Waals surface area contributed by atoms with Gasteiger partial charge in [0.25, 0.3) is 0 Å². The fourth-order valence-corrected chi connectivity index (χ4v) is 1.50. The summed E-state index contributed by atoms with van der Waals surface area (Å²) in [6, 6.07) is 10.7. The zero-order chi connectivity index (χ0) is 13.5. The quantitative estimate of drug-likeness (QED) is 0.622. The van der Waals surface area contributed by atoms with E-state index in [0.717, 1.165) is 11.3 Å². The van der Waals surface area contributed by atoms with E-state index in [2.05, 4.69) is 9.98 Å². The Hall–Kier alpha value is -2.49. The molecule has 19 heavy (non-hydrogen) atoms. The van der Waals surface area contributed by atoms with Gasteiger partial charge in [0.1, 0.15) is 0 Å². The van der Waals surface area contributed by atoms with Crippen molar-refractivity contribution in [2.75, 3.05) is 6.61 Å². The van der Waals surface area contributed by atoms with Gasteiger partial charge in [-0.2, -0.15) is 0 Å². The van der Waals surface area contributed by atoms with Crippen LogP contribution in [0.25, 0.3) is 0 Å². The van der Waals surface area contributed by atoms with Gasteiger partial charge in [-0.05, 0) is 37.3 Å². The number of carbonyl (C=O) groups is 1. The number of esters is 1. The highest BCUT2D eigenvalue weighted by molar-refractivity contribution is 5.90. The average molecular weight is 254 g/mol. The molecule has 0 unspecified atom stereocenters. The molecule has 0 saturated carbocycles. The molecule has 4 heteroatoms. The lowest BCUT2D eigenvalue weighted by Crippen LogP contribution is -2.03. The molecule has 0 bridgehead atoms. The number of ether oxygens (including phenoxy) is 1. The summed E-state index contributed by atoms with van der Waals surface area (Å²) >= 11 is 0. The smallest absolute Gasteiger partial charge is 0.338 e. The van der Waals surface area contributed by atoms with Crippen molar-refractivity contribution in [3.05, 3.63) is 59.9 Å². The van der Waals surface area contributed by atoms with E-state index in [0.29, 0.717) is 12.2 Å². The SMILES string of the molecule is CCOC(=O)c1ccc(N=Cc2cccnc2)cc1. The Morgan fingerprint density at radius 3 is 2.74 bits per heavy atom. The van der Waals surface area contributed by atoms with Gasteiger partial charge in [0.05, 0.1) is 17.9 Å². The van der Waals surface area contributed by atoms with E-state index in [1.54, 1.807) is 49.8 Å². The molecule has 0 aliphatic rings. The highest BCUT2D eigenvalue weighted by Crippen LogP contribution is 2.13. The molecule has 0 aliphatic heterocycles. The Balaban J connectivity index is 2.07. The second-order valence-electron chi connectivity index (χ2n) is 3.81. The van der Waals surface area contributed by atoms with Crippen LogP contribution in [0.1, 0.15) is 22.8 Å². The number of aliphatic imine (C=N–C) groups is 1. The maximum Gasteiger partial charge on any atom is 0.338 e. The van der Waals surface area contributed by atoms with Crippen molar-refractivity contribution in [3.8, 4) is 0 Å². The Morgan fingerprint density at radius 2 is 2.11 bits per heavy atom. The van der Waals surface area contributed by atoms with Gasteiger partial charge in [0, 0.05) is 24.2 Å². The topological polar surface area (TPSA) is 51.5 Å². The molecule has 1 aromatic carbocycles. The van der Waals surface area contributed by atoms with Crippen LogP contribution >= 0.6 is 0 Å². The highest BCUT2D eigenvalue weighted by atomic mass is 16.5. The van der Waals surface area contributed by atoms with Crippen molar-refractivity contribution in [2.45, 2.75) is 6.92 Å². The van der Waals surface area contributed by atoms with Crippen LogP contribution in [0.3, 0.4) is 0 Å². The number of benzene rings is 1. The summed E-state index contributed by atoms with van der Waals surface area (Å²) in [4.78, 5) is 19.8. The van der Waals surface area contributed by atoms with Gasteiger partial charge >= 0.3 is 5.97 Å². The molecule has 0 aliphatic carbocycles. The second-order valence-corrected chi connectivity index (χ2v) is 3.81. The van der Waals surface area contributed by atoms with Gasteiger partial charge in [0.2, 0.25) is 0 Å². The third-order valence-electron chi connectivity index (χ3n) is 2.43. The van der Waals surface area contributed by atoms with Crippen molar-refractivity contribution < 1.29 is 9.53 Å². The number of rotatable bonds is 4. The molecular formula is C15H14N2O2. The zero-order valence-corrected chi connectivity index (χ0v) is 10.6. The minimum Gasteiger partial charge on any atom is -0.462 e. The Morgan fingerprint density at radius 1 is 1.32 bits per heavy atom. The van der Waals surface area contributed by atoms with Crippen LogP contribution in [0.5, 0.6) is 0 Å². The van der Waals surface area contributed by atoms with Crippen LogP contribution < -0.4 is 0 Å². The summed E-state index contributed by atoms with van der Waals surface area (Å²) < 4.78 is 4.91. The van der Waals surface area contributed by atoms with Crippen molar-refractivity contribution in [1.29, 1.82) is 0 Å². The number of carbonyl (C=O) groups excluding carboxylic acids is 1. The molecule has 0 fully saturated rings. The lowest BCUT2D eigenvalue weighted by Gasteiger charge is -2.01. The van der Waals surface area contributed by atoms with E-state index in [1.807, 2.05) is 12.1 Å². The standard InChI is InChI=1S/C15H14N2O2/c1-2-19-15(18)13-5-7-14(8-6-13)17-11-12-4-3-9-16-10-12/h3-11H,2H2,1H3. The Bertz CT molecular complexity index is 562. The molecule has 96 valence electrons. The molecule has 0 N–H and O–H groups in total. The van der Waals surface area contributed by atoms with Gasteiger partial charge in [-0.15, -0.1) is 0 Å². The van der Waals surface area contributed by atoms with Crippen LogP contribution in [0, 0.1) is 0 Å². The first kappa shape index (κ1) is 13.0. The van der Waals surface area contributed by atoms with Crippen LogP contribution in [0.2, 0.25) is 0 Å². The normalized spacial score (nSPS) is 10.6. The molecule has 1 aromatic heterocycles. The van der Waals surface area contributed by atoms with Crippen LogP contribution in [0.15, 0.2) is 53.8 Å². The van der Waals surface area contributed by atoms with Crippen molar-refractivity contribution in [2.24, 2.45) is 4.99 Å². The molecule has 1 heterocycles. The minimum absolute atomic E-state index is 0.315. The summed E-state index contributed by atoms with van der Waals surface area (Å²) in [5.41, 5.74) is 2.23. The summed E-state index contributed by atoms with van der Waals surface area (Å²) in [6.07, 6.45) is 5.17. The number of pyridine rings is 1. The number of hydrogen-bond donors (Lipinski definition) is 0. The molecule has 4 nitrogen and oxygen atoms in total. The second kappa shape index (κ2) is 6.44. The van der Waals surface area contributed by atoms with Gasteiger partial charge in [0.15, 0.2) is 0 Å². The van der Waals surface area contributed by atoms with Crippen molar-refractivity contribution >= 4 is 17.9 Å². The monoisotopic (exact) mass is 254 g/mol. The summed E-state index contributed by atoms with van der Waals surface area (Å²) in [5.74, 6) is -0.315. The third kappa shape index (κ3) is 3.74. The number of hydrogen-bond acceptors (Lipinski definition) is 4. The van der Waals surface area contributed by atoms with Gasteiger partial charge in [-0.1, -0.05) is 6.07 Å². The first-order valence-electron chi connectivity index (χ1n) is 6.01. The fourth-order valence-electron chi connectivity index (χ4n) is 1.50. The van der Waals surface area contributed by atoms with Crippen LogP contribution in [0.4, 0.5) is 5.69 Å². The predicted octanol–water partition coefficient (Wildman–Crippen LogP) is 3.01. The largest absolute Gasteiger partial charge is 0.462 e. The molecule has 2 aromatic rings. The number of nitrogens with zero attached hydrogens (tertiary/aromatic N) is 2. The lowest BCUT2D eigenvalue weighted by molar-refractivity contribution is 0.0526. The third-order valence-corrected chi connectivity index (χ3v) is 2.43. The molecule has 0 spiro atoms. The van der Waals surface area contributed by atoms with E-state index < -0.39 is 0 Å². The Kier molecular flexibility index (Phi) is 4.39. The van der Waals surface area contributed by atoms with E-state index in [9.17, 15) is 4.79 Å².